The van der Waals surface area contributed by atoms with Gasteiger partial charge in [-0.05, 0) is 76.9 Å². The minimum atomic E-state index is -0.0539. The van der Waals surface area contributed by atoms with E-state index in [9.17, 15) is 9.59 Å². The Hall–Kier alpha value is -5.97. The summed E-state index contributed by atoms with van der Waals surface area (Å²) < 4.78 is 0. The second-order valence-corrected chi connectivity index (χ2v) is 13.5. The van der Waals surface area contributed by atoms with Crippen LogP contribution in [-0.2, 0) is 22.4 Å². The van der Waals surface area contributed by atoms with Crippen molar-refractivity contribution in [1.29, 1.82) is 0 Å². The number of hydrogen-bond donors (Lipinski definition) is 2. The Morgan fingerprint density at radius 3 is 2.18 bits per heavy atom. The van der Waals surface area contributed by atoms with Gasteiger partial charge in [0.1, 0.15) is 5.82 Å². The van der Waals surface area contributed by atoms with Gasteiger partial charge in [0, 0.05) is 74.5 Å². The number of likely N-dealkylation sites (tertiary alicyclic amines) is 2. The topological polar surface area (TPSA) is 133 Å². The van der Waals surface area contributed by atoms with E-state index in [-0.39, 0.29) is 17.9 Å². The Morgan fingerprint density at radius 2 is 1.45 bits per heavy atom. The smallest absolute Gasteiger partial charge is 0.227 e. The zero-order chi connectivity index (χ0) is 34.6. The fourth-order valence-electron chi connectivity index (χ4n) is 7.19. The zero-order valence-corrected chi connectivity index (χ0v) is 28.3. The van der Waals surface area contributed by atoms with Crippen LogP contribution in [0.3, 0.4) is 0 Å². The molecule has 2 atom stereocenters. The minimum absolute atomic E-state index is 0.0539. The van der Waals surface area contributed by atoms with Gasteiger partial charge in [-0.25, -0.2) is 15.0 Å². The van der Waals surface area contributed by atoms with E-state index in [0.29, 0.717) is 24.7 Å². The lowest BCUT2D eigenvalue weighted by Gasteiger charge is -2.23. The van der Waals surface area contributed by atoms with Gasteiger partial charge in [-0.2, -0.15) is 0 Å². The molecule has 11 heteroatoms. The molecule has 0 radical (unpaired) electrons. The number of amides is 2. The Bertz CT molecular complexity index is 2140. The molecule has 0 unspecified atom stereocenters. The molecule has 0 bridgehead atoms. The summed E-state index contributed by atoms with van der Waals surface area (Å²) in [6.07, 6.45) is 16.0. The van der Waals surface area contributed by atoms with Gasteiger partial charge in [0.25, 0.3) is 0 Å². The lowest BCUT2D eigenvalue weighted by atomic mass is 10.0. The number of rotatable bonds is 10. The number of nitrogens with zero attached hydrogens (tertiary/aromatic N) is 7. The summed E-state index contributed by atoms with van der Waals surface area (Å²) in [5, 5.41) is 5.59. The predicted molar refractivity (Wildman–Crippen MR) is 195 cm³/mol. The van der Waals surface area contributed by atoms with E-state index in [0.717, 1.165) is 95.5 Å². The molecule has 8 rings (SSSR count). The Labute approximate surface area is 296 Å². The summed E-state index contributed by atoms with van der Waals surface area (Å²) in [5.74, 6) is 2.01. The number of benzene rings is 2. The maximum Gasteiger partial charge on any atom is 0.227 e. The number of pyridine rings is 2. The van der Waals surface area contributed by atoms with Gasteiger partial charge in [-0.1, -0.05) is 36.4 Å². The van der Waals surface area contributed by atoms with Crippen LogP contribution < -0.4 is 5.32 Å². The van der Waals surface area contributed by atoms with Crippen molar-refractivity contribution in [1.82, 2.24) is 39.7 Å². The number of hydrogen-bond acceptors (Lipinski definition) is 8. The fraction of sp³-hybridized carbons (Fsp3) is 0.275. The molecule has 11 nitrogen and oxygen atoms in total. The van der Waals surface area contributed by atoms with Gasteiger partial charge >= 0.3 is 0 Å². The fourth-order valence-corrected chi connectivity index (χ4v) is 7.19. The van der Waals surface area contributed by atoms with E-state index < -0.39 is 0 Å². The first-order valence-electron chi connectivity index (χ1n) is 17.6. The van der Waals surface area contributed by atoms with Gasteiger partial charge in [-0.3, -0.25) is 19.6 Å². The largest absolute Gasteiger partial charge is 0.354 e. The molecule has 2 fully saturated rings. The average Bonchev–Trinajstić information content (AvgIpc) is 3.97. The standard InChI is InChI=1S/C40H39N9O2/c50-37(16-27-4-1-12-41-20-27)48-15-11-29(26-48)22-44-40-45-23-34(24-46-40)32-8-7-31-19-33(10-9-30(31)18-32)35-25-43-39(47-35)36-6-3-14-49(36)38(51)17-28-5-2-13-42-21-28/h1-2,4-5,7-10,12-13,18-21,23-25,29,36H,3,6,11,14-17,22,26H2,(H,43,47)(H,44,45,46)/t29-,36+/m1/s1. The quantitative estimate of drug-likeness (QED) is 0.184. The van der Waals surface area contributed by atoms with Crippen molar-refractivity contribution in [3.05, 3.63) is 121 Å². The van der Waals surface area contributed by atoms with E-state index in [2.05, 4.69) is 66.6 Å². The predicted octanol–water partition coefficient (Wildman–Crippen LogP) is 5.89. The highest BCUT2D eigenvalue weighted by atomic mass is 16.2. The van der Waals surface area contributed by atoms with Crippen molar-refractivity contribution in [3.63, 3.8) is 0 Å². The second kappa shape index (κ2) is 14.5. The maximum absolute atomic E-state index is 13.2. The van der Waals surface area contributed by atoms with Gasteiger partial charge in [0.15, 0.2) is 0 Å². The lowest BCUT2D eigenvalue weighted by molar-refractivity contribution is -0.131. The Balaban J connectivity index is 0.872. The van der Waals surface area contributed by atoms with Gasteiger partial charge in [0.05, 0.1) is 30.8 Å². The van der Waals surface area contributed by atoms with Crippen molar-refractivity contribution >= 4 is 28.5 Å². The second-order valence-electron chi connectivity index (χ2n) is 13.5. The van der Waals surface area contributed by atoms with E-state index in [4.69, 9.17) is 4.98 Å². The van der Waals surface area contributed by atoms with Crippen molar-refractivity contribution in [3.8, 4) is 22.4 Å². The highest BCUT2D eigenvalue weighted by Crippen LogP contribution is 2.33. The number of anilines is 1. The molecule has 256 valence electrons. The molecule has 2 aromatic carbocycles. The molecule has 2 N–H and O–H groups in total. The van der Waals surface area contributed by atoms with Crippen LogP contribution in [0.1, 0.15) is 42.3 Å². The summed E-state index contributed by atoms with van der Waals surface area (Å²) in [4.78, 5) is 55.4. The van der Waals surface area contributed by atoms with Crippen LogP contribution in [-0.4, -0.2) is 77.7 Å². The molecule has 4 aromatic heterocycles. The number of fused-ring (bicyclic) bond motifs is 1. The number of nitrogens with one attached hydrogen (secondary N) is 2. The highest BCUT2D eigenvalue weighted by molar-refractivity contribution is 5.90. The molecule has 2 aliphatic rings. The maximum atomic E-state index is 13.2. The molecular weight excluding hydrogens is 639 g/mol. The van der Waals surface area contributed by atoms with Crippen molar-refractivity contribution in [2.75, 3.05) is 31.5 Å². The van der Waals surface area contributed by atoms with Crippen molar-refractivity contribution < 1.29 is 9.59 Å². The lowest BCUT2D eigenvalue weighted by Crippen LogP contribution is -2.32. The molecule has 2 aliphatic heterocycles. The number of imidazole rings is 1. The summed E-state index contributed by atoms with van der Waals surface area (Å²) in [6.45, 7) is 2.96. The molecule has 0 spiro atoms. The van der Waals surface area contributed by atoms with Crippen molar-refractivity contribution in [2.24, 2.45) is 5.92 Å². The van der Waals surface area contributed by atoms with E-state index in [1.165, 1.54) is 0 Å². The molecule has 0 aliphatic carbocycles. The van der Waals surface area contributed by atoms with Gasteiger partial charge in [-0.15, -0.1) is 0 Å². The first-order valence-corrected chi connectivity index (χ1v) is 17.6. The molecule has 51 heavy (non-hydrogen) atoms. The van der Waals surface area contributed by atoms with Gasteiger partial charge in [0.2, 0.25) is 17.8 Å². The normalized spacial score (nSPS) is 17.3. The first kappa shape index (κ1) is 32.2. The summed E-state index contributed by atoms with van der Waals surface area (Å²) in [5.41, 5.74) is 5.82. The van der Waals surface area contributed by atoms with Crippen LogP contribution in [0, 0.1) is 5.92 Å². The first-order chi connectivity index (χ1) is 25.1. The highest BCUT2D eigenvalue weighted by Gasteiger charge is 2.32. The van der Waals surface area contributed by atoms with Crippen molar-refractivity contribution in [2.45, 2.75) is 38.1 Å². The number of carbonyl (C=O) groups is 2. The average molecular weight is 678 g/mol. The van der Waals surface area contributed by atoms with Gasteiger partial charge < -0.3 is 20.1 Å². The van der Waals surface area contributed by atoms with Crippen LogP contribution in [0.5, 0.6) is 0 Å². The molecule has 0 saturated carbocycles. The number of aromatic amines is 1. The molecule has 6 heterocycles. The third-order valence-corrected chi connectivity index (χ3v) is 9.96. The number of carbonyl (C=O) groups excluding carboxylic acids is 2. The monoisotopic (exact) mass is 677 g/mol. The number of H-pyrrole nitrogens is 1. The van der Waals surface area contributed by atoms with Crippen LogP contribution in [0.2, 0.25) is 0 Å². The number of aromatic nitrogens is 6. The third-order valence-electron chi connectivity index (χ3n) is 9.96. The summed E-state index contributed by atoms with van der Waals surface area (Å²) in [6, 6.07) is 20.3. The van der Waals surface area contributed by atoms with E-state index in [1.807, 2.05) is 52.7 Å². The van der Waals surface area contributed by atoms with Crippen LogP contribution in [0.25, 0.3) is 33.2 Å². The van der Waals surface area contributed by atoms with E-state index in [1.54, 1.807) is 24.8 Å². The summed E-state index contributed by atoms with van der Waals surface area (Å²) >= 11 is 0. The molecule has 2 saturated heterocycles. The zero-order valence-electron chi connectivity index (χ0n) is 28.3. The van der Waals surface area contributed by atoms with E-state index >= 15 is 0 Å². The molecule has 6 aromatic rings. The Kier molecular flexibility index (Phi) is 9.16. The minimum Gasteiger partial charge on any atom is -0.354 e. The summed E-state index contributed by atoms with van der Waals surface area (Å²) in [7, 11) is 0. The third kappa shape index (κ3) is 7.33. The van der Waals surface area contributed by atoms with Crippen LogP contribution in [0.15, 0.2) is 104 Å². The van der Waals surface area contributed by atoms with Crippen LogP contribution >= 0.6 is 0 Å². The molecule has 2 amide bonds. The SMILES string of the molecule is O=C(Cc1cccnc1)N1CC[C@H](CNc2ncc(-c3ccc4cc(-c5cnc([C@@H]6CCCN6C(=O)Cc6cccnc6)[nH]5)ccc4c3)cn2)C1. The Morgan fingerprint density at radius 1 is 0.745 bits per heavy atom. The van der Waals surface area contributed by atoms with Crippen LogP contribution in [0.4, 0.5) is 5.95 Å². The molecular formula is C40H39N9O2.